The van der Waals surface area contributed by atoms with Crippen LogP contribution in [-0.4, -0.2) is 9.97 Å². The van der Waals surface area contributed by atoms with Crippen LogP contribution in [0.5, 0.6) is 0 Å². The van der Waals surface area contributed by atoms with Crippen LogP contribution in [0.2, 0.25) is 0 Å². The van der Waals surface area contributed by atoms with Crippen LogP contribution in [0.1, 0.15) is 12.7 Å². The Kier molecular flexibility index (Phi) is 3.80. The van der Waals surface area contributed by atoms with Gasteiger partial charge in [-0.15, -0.1) is 12.4 Å². The molecule has 0 aliphatic carbocycles. The van der Waals surface area contributed by atoms with E-state index in [1.165, 1.54) is 0 Å². The van der Waals surface area contributed by atoms with E-state index >= 15 is 0 Å². The molecule has 0 saturated carbocycles. The van der Waals surface area contributed by atoms with Gasteiger partial charge in [0.2, 0.25) is 0 Å². The van der Waals surface area contributed by atoms with Crippen LogP contribution in [0.25, 0.3) is 6.08 Å². The van der Waals surface area contributed by atoms with Gasteiger partial charge in [-0.3, -0.25) is 0 Å². The van der Waals surface area contributed by atoms with E-state index in [0.717, 1.165) is 5.82 Å². The topological polar surface area (TPSA) is 28.7 Å². The molecule has 0 aliphatic rings. The molecule has 0 amide bonds. The number of halogens is 1. The first kappa shape index (κ1) is 8.24. The zero-order chi connectivity index (χ0) is 5.82. The lowest BCUT2D eigenvalue weighted by molar-refractivity contribution is 1.26. The summed E-state index contributed by atoms with van der Waals surface area (Å²) in [5.74, 6) is 0.910. The molecule has 0 saturated heterocycles. The van der Waals surface area contributed by atoms with Crippen molar-refractivity contribution >= 4 is 18.5 Å². The van der Waals surface area contributed by atoms with Crippen LogP contribution in [0.15, 0.2) is 18.5 Å². The van der Waals surface area contributed by atoms with Gasteiger partial charge in [0.05, 0.1) is 0 Å². The molecule has 0 fully saturated rings. The first-order valence-electron chi connectivity index (χ1n) is 2.55. The third kappa shape index (κ3) is 2.33. The second-order valence-electron chi connectivity index (χ2n) is 1.47. The van der Waals surface area contributed by atoms with Crippen molar-refractivity contribution in [2.75, 3.05) is 0 Å². The zero-order valence-electron chi connectivity index (χ0n) is 5.16. The van der Waals surface area contributed by atoms with Crippen LogP contribution in [0.3, 0.4) is 0 Å². The molecule has 0 bridgehead atoms. The fraction of sp³-hybridized carbons (Fsp3) is 0.167. The van der Waals surface area contributed by atoms with Crippen molar-refractivity contribution in [2.45, 2.75) is 6.92 Å². The fourth-order valence-corrected chi connectivity index (χ4v) is 0.526. The molecule has 1 rings (SSSR count). The molecule has 3 heteroatoms. The van der Waals surface area contributed by atoms with Gasteiger partial charge in [-0.2, -0.15) is 0 Å². The van der Waals surface area contributed by atoms with Gasteiger partial charge < -0.3 is 4.98 Å². The molecular weight excluding hydrogens is 136 g/mol. The number of H-pyrrole nitrogens is 1. The average molecular weight is 145 g/mol. The van der Waals surface area contributed by atoms with Crippen LogP contribution in [0.4, 0.5) is 0 Å². The normalized spacial score (nSPS) is 9.44. The number of allylic oxidation sites excluding steroid dienone is 1. The highest BCUT2D eigenvalue weighted by Gasteiger charge is 1.80. The average Bonchev–Trinajstić information content (AvgIpc) is 2.19. The Morgan fingerprint density at radius 1 is 1.67 bits per heavy atom. The first-order chi connectivity index (χ1) is 3.93. The van der Waals surface area contributed by atoms with Gasteiger partial charge in [0.1, 0.15) is 5.82 Å². The van der Waals surface area contributed by atoms with Crippen LogP contribution >= 0.6 is 12.4 Å². The third-order valence-electron chi connectivity index (χ3n) is 0.844. The van der Waals surface area contributed by atoms with Gasteiger partial charge in [0.25, 0.3) is 0 Å². The maximum absolute atomic E-state index is 3.96. The number of nitrogens with zero attached hydrogens (tertiary/aromatic N) is 1. The maximum atomic E-state index is 3.96. The van der Waals surface area contributed by atoms with E-state index in [9.17, 15) is 0 Å². The largest absolute Gasteiger partial charge is 0.345 e. The molecule has 2 nitrogen and oxygen atoms in total. The molecule has 9 heavy (non-hydrogen) atoms. The van der Waals surface area contributed by atoms with E-state index < -0.39 is 0 Å². The molecular formula is C6H9ClN2. The van der Waals surface area contributed by atoms with Crippen LogP contribution in [0, 0.1) is 0 Å². The maximum Gasteiger partial charge on any atom is 0.129 e. The molecule has 50 valence electrons. The van der Waals surface area contributed by atoms with Gasteiger partial charge in [0.15, 0.2) is 0 Å². The van der Waals surface area contributed by atoms with Gasteiger partial charge in [-0.05, 0) is 13.0 Å². The molecule has 1 N–H and O–H groups in total. The van der Waals surface area contributed by atoms with Crippen molar-refractivity contribution in [3.63, 3.8) is 0 Å². The second-order valence-corrected chi connectivity index (χ2v) is 1.47. The van der Waals surface area contributed by atoms with Crippen molar-refractivity contribution in [1.82, 2.24) is 9.97 Å². The summed E-state index contributed by atoms with van der Waals surface area (Å²) in [5.41, 5.74) is 0. The lowest BCUT2D eigenvalue weighted by Gasteiger charge is -1.76. The predicted octanol–water partition coefficient (Wildman–Crippen LogP) is 1.86. The quantitative estimate of drug-likeness (QED) is 0.641. The van der Waals surface area contributed by atoms with Crippen molar-refractivity contribution in [2.24, 2.45) is 0 Å². The Morgan fingerprint density at radius 2 is 2.44 bits per heavy atom. The number of rotatable bonds is 1. The van der Waals surface area contributed by atoms with E-state index in [1.54, 1.807) is 12.4 Å². The summed E-state index contributed by atoms with van der Waals surface area (Å²) >= 11 is 0. The van der Waals surface area contributed by atoms with Crippen molar-refractivity contribution in [3.8, 4) is 0 Å². The summed E-state index contributed by atoms with van der Waals surface area (Å²) in [6, 6.07) is 0. The summed E-state index contributed by atoms with van der Waals surface area (Å²) < 4.78 is 0. The molecule has 1 aromatic heterocycles. The Hall–Kier alpha value is -0.760. The van der Waals surface area contributed by atoms with Gasteiger partial charge in [-0.25, -0.2) is 4.98 Å². The van der Waals surface area contributed by atoms with Crippen LogP contribution in [-0.2, 0) is 0 Å². The highest BCUT2D eigenvalue weighted by Crippen LogP contribution is 1.89. The lowest BCUT2D eigenvalue weighted by atomic mass is 10.5. The van der Waals surface area contributed by atoms with E-state index in [0.29, 0.717) is 0 Å². The van der Waals surface area contributed by atoms with Crippen molar-refractivity contribution in [1.29, 1.82) is 0 Å². The Balaban J connectivity index is 0.000000640. The minimum atomic E-state index is 0. The first-order valence-corrected chi connectivity index (χ1v) is 2.55. The molecule has 0 spiro atoms. The summed E-state index contributed by atoms with van der Waals surface area (Å²) in [4.78, 5) is 6.90. The number of hydrogen-bond acceptors (Lipinski definition) is 1. The molecule has 0 aromatic carbocycles. The number of nitrogens with one attached hydrogen (secondary N) is 1. The lowest BCUT2D eigenvalue weighted by Crippen LogP contribution is -1.69. The number of hydrogen-bond donors (Lipinski definition) is 1. The molecule has 1 heterocycles. The van der Waals surface area contributed by atoms with E-state index in [4.69, 9.17) is 0 Å². The highest BCUT2D eigenvalue weighted by atomic mass is 35.5. The van der Waals surface area contributed by atoms with Crippen molar-refractivity contribution < 1.29 is 0 Å². The van der Waals surface area contributed by atoms with E-state index in [2.05, 4.69) is 9.97 Å². The Morgan fingerprint density at radius 3 is 2.89 bits per heavy atom. The Bertz CT molecular complexity index is 167. The minimum absolute atomic E-state index is 0. The third-order valence-corrected chi connectivity index (χ3v) is 0.844. The molecule has 0 aliphatic heterocycles. The number of imidazole rings is 1. The Labute approximate surface area is 60.4 Å². The van der Waals surface area contributed by atoms with Gasteiger partial charge >= 0.3 is 0 Å². The monoisotopic (exact) mass is 144 g/mol. The van der Waals surface area contributed by atoms with E-state index in [1.807, 2.05) is 19.1 Å². The number of aromatic nitrogens is 2. The van der Waals surface area contributed by atoms with E-state index in [-0.39, 0.29) is 12.4 Å². The fourth-order valence-electron chi connectivity index (χ4n) is 0.526. The SMILES string of the molecule is CC=Cc1ncc[nH]1.Cl. The summed E-state index contributed by atoms with van der Waals surface area (Å²) in [7, 11) is 0. The molecule has 1 aromatic rings. The minimum Gasteiger partial charge on any atom is -0.345 e. The molecule has 0 unspecified atom stereocenters. The van der Waals surface area contributed by atoms with Crippen LogP contribution < -0.4 is 0 Å². The smallest absolute Gasteiger partial charge is 0.129 e. The second kappa shape index (κ2) is 4.15. The van der Waals surface area contributed by atoms with Gasteiger partial charge in [0, 0.05) is 12.4 Å². The van der Waals surface area contributed by atoms with Gasteiger partial charge in [-0.1, -0.05) is 6.08 Å². The standard InChI is InChI=1S/C6H8N2.ClH/c1-2-3-6-7-4-5-8-6;/h2-5H,1H3,(H,7,8);1H. The number of aromatic amines is 1. The predicted molar refractivity (Wildman–Crippen MR) is 40.5 cm³/mol. The zero-order valence-corrected chi connectivity index (χ0v) is 5.98. The highest BCUT2D eigenvalue weighted by molar-refractivity contribution is 5.85. The molecule has 0 radical (unpaired) electrons. The summed E-state index contributed by atoms with van der Waals surface area (Å²) in [6.45, 7) is 1.96. The molecule has 0 atom stereocenters. The van der Waals surface area contributed by atoms with Crippen molar-refractivity contribution in [3.05, 3.63) is 24.3 Å². The summed E-state index contributed by atoms with van der Waals surface area (Å²) in [6.07, 6.45) is 7.39. The summed E-state index contributed by atoms with van der Waals surface area (Å²) in [5, 5.41) is 0.